The summed E-state index contributed by atoms with van der Waals surface area (Å²) < 4.78 is 5.99. The highest BCUT2D eigenvalue weighted by atomic mass is 35.5. The topological polar surface area (TPSA) is 35.2 Å². The molecule has 0 aliphatic heterocycles. The molecule has 1 aliphatic rings. The van der Waals surface area contributed by atoms with E-state index in [-0.39, 0.29) is 0 Å². The molecule has 1 aromatic carbocycles. The molecule has 1 saturated carbocycles. The van der Waals surface area contributed by atoms with E-state index in [4.69, 9.17) is 22.1 Å². The minimum atomic E-state index is 0.317. The lowest BCUT2D eigenvalue weighted by Gasteiger charge is -2.29. The van der Waals surface area contributed by atoms with Crippen molar-refractivity contribution < 1.29 is 4.74 Å². The van der Waals surface area contributed by atoms with E-state index in [0.717, 1.165) is 24.5 Å². The lowest BCUT2D eigenvalue weighted by molar-refractivity contribution is 0.123. The van der Waals surface area contributed by atoms with Crippen molar-refractivity contribution >= 4 is 17.3 Å². The number of hydrogen-bond acceptors (Lipinski definition) is 2. The van der Waals surface area contributed by atoms with E-state index >= 15 is 0 Å². The fraction of sp³-hybridized carbons (Fsp3) is 0.571. The van der Waals surface area contributed by atoms with Crippen molar-refractivity contribution in [3.8, 4) is 5.75 Å². The Hall–Kier alpha value is -0.890. The maximum absolute atomic E-state index is 5.99. The van der Waals surface area contributed by atoms with Crippen LogP contribution in [0.5, 0.6) is 5.75 Å². The lowest BCUT2D eigenvalue weighted by Crippen LogP contribution is -2.25. The lowest BCUT2D eigenvalue weighted by atomic mass is 9.85. The largest absolute Gasteiger partial charge is 0.488 e. The van der Waals surface area contributed by atoms with Crippen molar-refractivity contribution in [1.82, 2.24) is 0 Å². The molecular weight excluding hydrogens is 234 g/mol. The third kappa shape index (κ3) is 3.29. The van der Waals surface area contributed by atoms with Crippen molar-refractivity contribution in [3.63, 3.8) is 0 Å². The van der Waals surface area contributed by atoms with Crippen LogP contribution in [0.3, 0.4) is 0 Å². The van der Waals surface area contributed by atoms with Crippen LogP contribution in [0.25, 0.3) is 0 Å². The predicted molar refractivity (Wildman–Crippen MR) is 72.5 cm³/mol. The van der Waals surface area contributed by atoms with Crippen LogP contribution in [0.15, 0.2) is 18.2 Å². The van der Waals surface area contributed by atoms with Crippen molar-refractivity contribution in [2.45, 2.75) is 45.1 Å². The van der Waals surface area contributed by atoms with Gasteiger partial charge in [0.2, 0.25) is 0 Å². The number of rotatable bonds is 3. The van der Waals surface area contributed by atoms with E-state index in [1.165, 1.54) is 19.3 Å². The third-order valence-electron chi connectivity index (χ3n) is 3.58. The molecule has 1 aromatic rings. The highest BCUT2D eigenvalue weighted by Gasteiger charge is 2.22. The summed E-state index contributed by atoms with van der Waals surface area (Å²) in [7, 11) is 0. The molecule has 1 fully saturated rings. The highest BCUT2D eigenvalue weighted by molar-refractivity contribution is 6.30. The van der Waals surface area contributed by atoms with Crippen LogP contribution in [0.1, 0.15) is 39.0 Å². The molecule has 0 heterocycles. The molecule has 0 amide bonds. The van der Waals surface area contributed by atoms with Gasteiger partial charge in [0, 0.05) is 5.02 Å². The van der Waals surface area contributed by atoms with Crippen molar-refractivity contribution in [1.29, 1.82) is 0 Å². The van der Waals surface area contributed by atoms with Gasteiger partial charge in [-0.1, -0.05) is 31.4 Å². The molecule has 0 bridgehead atoms. The standard InChI is InChI=1S/C14H20ClNO/c1-2-10-4-3-5-12(8-10)17-14-7-6-11(15)9-13(14)16/h6-7,9-10,12H,2-5,8,16H2,1H3. The van der Waals surface area contributed by atoms with E-state index in [1.54, 1.807) is 6.07 Å². The molecule has 0 aromatic heterocycles. The van der Waals surface area contributed by atoms with Gasteiger partial charge >= 0.3 is 0 Å². The Morgan fingerprint density at radius 2 is 2.24 bits per heavy atom. The maximum Gasteiger partial charge on any atom is 0.142 e. The van der Waals surface area contributed by atoms with E-state index in [0.29, 0.717) is 16.8 Å². The van der Waals surface area contributed by atoms with Crippen molar-refractivity contribution in [2.75, 3.05) is 5.73 Å². The number of nitrogens with two attached hydrogens (primary N) is 1. The number of nitrogen functional groups attached to an aromatic ring is 1. The van der Waals surface area contributed by atoms with Crippen LogP contribution in [0.4, 0.5) is 5.69 Å². The summed E-state index contributed by atoms with van der Waals surface area (Å²) in [5.41, 5.74) is 6.53. The summed E-state index contributed by atoms with van der Waals surface area (Å²) in [4.78, 5) is 0. The van der Waals surface area contributed by atoms with Gasteiger partial charge in [0.25, 0.3) is 0 Å². The van der Waals surface area contributed by atoms with Gasteiger partial charge < -0.3 is 10.5 Å². The number of hydrogen-bond donors (Lipinski definition) is 1. The molecule has 1 aliphatic carbocycles. The Balaban J connectivity index is 2.00. The van der Waals surface area contributed by atoms with Gasteiger partial charge in [0.1, 0.15) is 5.75 Å². The minimum absolute atomic E-state index is 0.317. The fourth-order valence-corrected chi connectivity index (χ4v) is 2.71. The Morgan fingerprint density at radius 3 is 2.94 bits per heavy atom. The van der Waals surface area contributed by atoms with Crippen molar-refractivity contribution in [3.05, 3.63) is 23.2 Å². The molecule has 94 valence electrons. The second-order valence-corrected chi connectivity index (χ2v) is 5.30. The van der Waals surface area contributed by atoms with Gasteiger partial charge in [-0.05, 0) is 43.4 Å². The van der Waals surface area contributed by atoms with E-state index in [2.05, 4.69) is 6.92 Å². The van der Waals surface area contributed by atoms with Crippen LogP contribution < -0.4 is 10.5 Å². The zero-order valence-electron chi connectivity index (χ0n) is 10.3. The molecule has 2 rings (SSSR count). The highest BCUT2D eigenvalue weighted by Crippen LogP contribution is 2.32. The summed E-state index contributed by atoms with van der Waals surface area (Å²) in [5.74, 6) is 1.58. The van der Waals surface area contributed by atoms with Crippen LogP contribution in [-0.4, -0.2) is 6.10 Å². The van der Waals surface area contributed by atoms with Crippen LogP contribution >= 0.6 is 11.6 Å². The molecule has 17 heavy (non-hydrogen) atoms. The van der Waals surface area contributed by atoms with E-state index in [9.17, 15) is 0 Å². The first-order valence-corrected chi connectivity index (χ1v) is 6.78. The van der Waals surface area contributed by atoms with Gasteiger partial charge in [-0.2, -0.15) is 0 Å². The quantitative estimate of drug-likeness (QED) is 0.817. The molecule has 2 nitrogen and oxygen atoms in total. The Morgan fingerprint density at radius 1 is 1.41 bits per heavy atom. The predicted octanol–water partition coefficient (Wildman–Crippen LogP) is 4.27. The molecule has 0 radical (unpaired) electrons. The summed E-state index contributed by atoms with van der Waals surface area (Å²) in [6, 6.07) is 5.44. The summed E-state index contributed by atoms with van der Waals surface area (Å²) in [6.07, 6.45) is 6.45. The molecular formula is C14H20ClNO. The van der Waals surface area contributed by atoms with Gasteiger partial charge in [0.05, 0.1) is 11.8 Å². The molecule has 0 spiro atoms. The smallest absolute Gasteiger partial charge is 0.142 e. The molecule has 2 N–H and O–H groups in total. The van der Waals surface area contributed by atoms with E-state index < -0.39 is 0 Å². The van der Waals surface area contributed by atoms with Gasteiger partial charge in [0.15, 0.2) is 0 Å². The summed E-state index contributed by atoms with van der Waals surface area (Å²) >= 11 is 5.87. The first-order valence-electron chi connectivity index (χ1n) is 6.40. The van der Waals surface area contributed by atoms with Crippen LogP contribution in [-0.2, 0) is 0 Å². The number of halogens is 1. The monoisotopic (exact) mass is 253 g/mol. The average Bonchev–Trinajstić information content (AvgIpc) is 2.33. The second-order valence-electron chi connectivity index (χ2n) is 4.86. The first-order chi connectivity index (χ1) is 8.19. The Labute approximate surface area is 108 Å². The molecule has 2 atom stereocenters. The number of benzene rings is 1. The van der Waals surface area contributed by atoms with Crippen molar-refractivity contribution in [2.24, 2.45) is 5.92 Å². The molecule has 3 heteroatoms. The number of anilines is 1. The maximum atomic E-state index is 5.99. The molecule has 2 unspecified atom stereocenters. The average molecular weight is 254 g/mol. The second kappa shape index (κ2) is 5.63. The minimum Gasteiger partial charge on any atom is -0.488 e. The van der Waals surface area contributed by atoms with Crippen LogP contribution in [0, 0.1) is 5.92 Å². The Bertz CT molecular complexity index is 380. The SMILES string of the molecule is CCC1CCCC(Oc2ccc(Cl)cc2N)C1. The first kappa shape index (κ1) is 12.6. The third-order valence-corrected chi connectivity index (χ3v) is 3.81. The normalized spacial score (nSPS) is 24.6. The van der Waals surface area contributed by atoms with E-state index in [1.807, 2.05) is 12.1 Å². The Kier molecular flexibility index (Phi) is 4.16. The van der Waals surface area contributed by atoms with Crippen LogP contribution in [0.2, 0.25) is 5.02 Å². The van der Waals surface area contributed by atoms with Gasteiger partial charge in [-0.25, -0.2) is 0 Å². The zero-order chi connectivity index (χ0) is 12.3. The van der Waals surface area contributed by atoms with Gasteiger partial charge in [-0.3, -0.25) is 0 Å². The summed E-state index contributed by atoms with van der Waals surface area (Å²) in [5, 5.41) is 0.657. The zero-order valence-corrected chi connectivity index (χ0v) is 11.0. The molecule has 0 saturated heterocycles. The number of ether oxygens (including phenoxy) is 1. The van der Waals surface area contributed by atoms with Gasteiger partial charge in [-0.15, -0.1) is 0 Å². The fourth-order valence-electron chi connectivity index (χ4n) is 2.53. The summed E-state index contributed by atoms with van der Waals surface area (Å²) in [6.45, 7) is 2.25.